The fourth-order valence-corrected chi connectivity index (χ4v) is 3.34. The van der Waals surface area contributed by atoms with Crippen LogP contribution < -0.4 is 10.6 Å². The van der Waals surface area contributed by atoms with Gasteiger partial charge in [-0.15, -0.1) is 0 Å². The summed E-state index contributed by atoms with van der Waals surface area (Å²) >= 11 is 0. The summed E-state index contributed by atoms with van der Waals surface area (Å²) in [6, 6.07) is 1.05. The van der Waals surface area contributed by atoms with Crippen LogP contribution in [0.4, 0.5) is 4.79 Å². The van der Waals surface area contributed by atoms with Crippen molar-refractivity contribution in [2.24, 2.45) is 0 Å². The maximum Gasteiger partial charge on any atom is 0.315 e. The Labute approximate surface area is 141 Å². The molecule has 24 heavy (non-hydrogen) atoms. The Kier molecular flexibility index (Phi) is 5.40. The van der Waals surface area contributed by atoms with Gasteiger partial charge in [-0.3, -0.25) is 4.79 Å². The van der Waals surface area contributed by atoms with E-state index in [1.165, 1.54) is 0 Å². The number of carbonyl (C=O) groups is 2. The minimum atomic E-state index is -0.504. The third kappa shape index (κ3) is 3.72. The van der Waals surface area contributed by atoms with Crippen LogP contribution in [0.25, 0.3) is 0 Å². The Morgan fingerprint density at radius 2 is 2.17 bits per heavy atom. The lowest BCUT2D eigenvalue weighted by molar-refractivity contribution is -0.137. The Morgan fingerprint density at radius 3 is 2.92 bits per heavy atom. The predicted molar refractivity (Wildman–Crippen MR) is 87.5 cm³/mol. The number of amides is 3. The van der Waals surface area contributed by atoms with Gasteiger partial charge in [0.05, 0.1) is 25.5 Å². The van der Waals surface area contributed by atoms with E-state index in [0.717, 1.165) is 30.6 Å². The zero-order chi connectivity index (χ0) is 16.9. The quantitative estimate of drug-likeness (QED) is 0.875. The lowest BCUT2D eigenvalue weighted by atomic mass is 9.93. The highest BCUT2D eigenvalue weighted by Crippen LogP contribution is 2.30. The number of ether oxygens (including phenoxy) is 1. The summed E-state index contributed by atoms with van der Waals surface area (Å²) in [7, 11) is 0. The molecule has 3 rings (SSSR count). The summed E-state index contributed by atoms with van der Waals surface area (Å²) in [6.45, 7) is 4.18. The van der Waals surface area contributed by atoms with E-state index >= 15 is 0 Å². The molecule has 2 atom stereocenters. The van der Waals surface area contributed by atoms with E-state index < -0.39 is 6.04 Å². The van der Waals surface area contributed by atoms with Gasteiger partial charge < -0.3 is 24.7 Å². The minimum Gasteiger partial charge on any atom is -0.469 e. The van der Waals surface area contributed by atoms with Crippen molar-refractivity contribution >= 4 is 11.9 Å². The molecule has 0 bridgehead atoms. The molecular formula is C17H25N3O4. The molecule has 2 heterocycles. The largest absolute Gasteiger partial charge is 0.469 e. The number of hydrogen-bond donors (Lipinski definition) is 2. The molecule has 3 amide bonds. The third-order valence-electron chi connectivity index (χ3n) is 4.69. The molecule has 0 aromatic carbocycles. The fraction of sp³-hybridized carbons (Fsp3) is 0.647. The van der Waals surface area contributed by atoms with Gasteiger partial charge in [0.25, 0.3) is 0 Å². The maximum atomic E-state index is 12.5. The molecule has 2 unspecified atom stereocenters. The van der Waals surface area contributed by atoms with Crippen LogP contribution in [0.2, 0.25) is 0 Å². The second-order valence-corrected chi connectivity index (χ2v) is 6.26. The molecule has 132 valence electrons. The lowest BCUT2D eigenvalue weighted by Crippen LogP contribution is -2.53. The van der Waals surface area contributed by atoms with Crippen LogP contribution in [0.3, 0.4) is 0 Å². The van der Waals surface area contributed by atoms with E-state index in [2.05, 4.69) is 10.6 Å². The Balaban J connectivity index is 1.56. The molecule has 7 nitrogen and oxygen atoms in total. The van der Waals surface area contributed by atoms with Crippen molar-refractivity contribution in [2.75, 3.05) is 26.3 Å². The van der Waals surface area contributed by atoms with Crippen LogP contribution in [0.15, 0.2) is 16.7 Å². The van der Waals surface area contributed by atoms with Gasteiger partial charge in [-0.05, 0) is 25.3 Å². The molecule has 1 aliphatic carbocycles. The average molecular weight is 335 g/mol. The Bertz CT molecular complexity index is 580. The molecule has 2 N–H and O–H groups in total. The number of urea groups is 1. The monoisotopic (exact) mass is 335 g/mol. The lowest BCUT2D eigenvalue weighted by Gasteiger charge is -2.31. The maximum absolute atomic E-state index is 12.5. The average Bonchev–Trinajstić information content (AvgIpc) is 3.09. The number of hydrogen-bond acceptors (Lipinski definition) is 4. The molecule has 1 aromatic rings. The highest BCUT2D eigenvalue weighted by Gasteiger charge is 2.28. The predicted octanol–water partition coefficient (Wildman–Crippen LogP) is 1.59. The molecule has 1 fully saturated rings. The molecule has 0 spiro atoms. The van der Waals surface area contributed by atoms with Crippen molar-refractivity contribution in [2.45, 2.75) is 44.7 Å². The van der Waals surface area contributed by atoms with Crippen molar-refractivity contribution < 1.29 is 18.7 Å². The number of carbonyl (C=O) groups excluding carboxylic acids is 2. The third-order valence-corrected chi connectivity index (χ3v) is 4.69. The topological polar surface area (TPSA) is 83.8 Å². The molecule has 1 aromatic heterocycles. The highest BCUT2D eigenvalue weighted by atomic mass is 16.5. The number of morpholine rings is 1. The summed E-state index contributed by atoms with van der Waals surface area (Å²) in [5.41, 5.74) is 1.05. The van der Waals surface area contributed by atoms with Gasteiger partial charge in [-0.1, -0.05) is 6.92 Å². The first kappa shape index (κ1) is 16.8. The molecular weight excluding hydrogens is 310 g/mol. The van der Waals surface area contributed by atoms with Gasteiger partial charge in [-0.2, -0.15) is 0 Å². The highest BCUT2D eigenvalue weighted by molar-refractivity contribution is 5.87. The zero-order valence-corrected chi connectivity index (χ0v) is 14.0. The van der Waals surface area contributed by atoms with Crippen LogP contribution in [0, 0.1) is 0 Å². The Hall–Kier alpha value is -2.02. The van der Waals surface area contributed by atoms with E-state index in [9.17, 15) is 9.59 Å². The minimum absolute atomic E-state index is 0.0383. The van der Waals surface area contributed by atoms with Gasteiger partial charge in [0.2, 0.25) is 5.91 Å². The summed E-state index contributed by atoms with van der Waals surface area (Å²) in [4.78, 5) is 26.6. The van der Waals surface area contributed by atoms with Crippen LogP contribution in [-0.2, 0) is 16.0 Å². The molecule has 0 radical (unpaired) electrons. The SMILES string of the molecule is CCC(NC(=O)NC1CCCc2occc21)C(=O)N1CCOCC1. The Morgan fingerprint density at radius 1 is 1.38 bits per heavy atom. The molecule has 1 aliphatic heterocycles. The number of nitrogens with zero attached hydrogens (tertiary/aromatic N) is 1. The first-order chi connectivity index (χ1) is 11.7. The number of nitrogens with one attached hydrogen (secondary N) is 2. The van der Waals surface area contributed by atoms with Gasteiger partial charge in [0.1, 0.15) is 11.8 Å². The summed E-state index contributed by atoms with van der Waals surface area (Å²) < 4.78 is 10.7. The van der Waals surface area contributed by atoms with Gasteiger partial charge in [-0.25, -0.2) is 4.79 Å². The van der Waals surface area contributed by atoms with Gasteiger partial charge in [0.15, 0.2) is 0 Å². The second kappa shape index (κ2) is 7.70. The van der Waals surface area contributed by atoms with E-state index in [1.807, 2.05) is 13.0 Å². The van der Waals surface area contributed by atoms with Crippen molar-refractivity contribution in [1.29, 1.82) is 0 Å². The fourth-order valence-electron chi connectivity index (χ4n) is 3.34. The number of rotatable bonds is 4. The molecule has 0 saturated carbocycles. The molecule has 1 saturated heterocycles. The number of aryl methyl sites for hydroxylation is 1. The normalized spacial score (nSPS) is 21.7. The van der Waals surface area contributed by atoms with Gasteiger partial charge in [0, 0.05) is 25.1 Å². The first-order valence-electron chi connectivity index (χ1n) is 8.69. The van der Waals surface area contributed by atoms with E-state index in [4.69, 9.17) is 9.15 Å². The number of fused-ring (bicyclic) bond motifs is 1. The van der Waals surface area contributed by atoms with Crippen molar-refractivity contribution in [3.05, 3.63) is 23.7 Å². The van der Waals surface area contributed by atoms with Crippen LogP contribution in [0.5, 0.6) is 0 Å². The molecule has 2 aliphatic rings. The smallest absolute Gasteiger partial charge is 0.315 e. The molecule has 7 heteroatoms. The van der Waals surface area contributed by atoms with Crippen molar-refractivity contribution in [3.8, 4) is 0 Å². The summed E-state index contributed by atoms with van der Waals surface area (Å²) in [5, 5.41) is 5.80. The number of furan rings is 1. The summed E-state index contributed by atoms with van der Waals surface area (Å²) in [5.74, 6) is 0.909. The van der Waals surface area contributed by atoms with Crippen LogP contribution in [0.1, 0.15) is 43.6 Å². The van der Waals surface area contributed by atoms with Crippen molar-refractivity contribution in [3.63, 3.8) is 0 Å². The standard InChI is InChI=1S/C17H25N3O4/c1-2-13(16(21)20-7-10-23-11-8-20)18-17(22)19-14-4-3-5-15-12(14)6-9-24-15/h6,9,13-14H,2-5,7-8,10-11H2,1H3,(H2,18,19,22). The van der Waals surface area contributed by atoms with Crippen LogP contribution in [-0.4, -0.2) is 49.2 Å². The second-order valence-electron chi connectivity index (χ2n) is 6.26. The van der Waals surface area contributed by atoms with Crippen LogP contribution >= 0.6 is 0 Å². The first-order valence-corrected chi connectivity index (χ1v) is 8.69. The summed E-state index contributed by atoms with van der Waals surface area (Å²) in [6.07, 6.45) is 5.00. The van der Waals surface area contributed by atoms with Gasteiger partial charge >= 0.3 is 6.03 Å². The zero-order valence-electron chi connectivity index (χ0n) is 14.0. The van der Waals surface area contributed by atoms with E-state index in [-0.39, 0.29) is 18.0 Å². The van der Waals surface area contributed by atoms with E-state index in [1.54, 1.807) is 11.2 Å². The van der Waals surface area contributed by atoms with Crippen molar-refractivity contribution in [1.82, 2.24) is 15.5 Å². The van der Waals surface area contributed by atoms with E-state index in [0.29, 0.717) is 32.7 Å².